The van der Waals surface area contributed by atoms with Crippen LogP contribution >= 0.6 is 0 Å². The molecular weight excluding hydrogens is 720 g/mol. The van der Waals surface area contributed by atoms with Gasteiger partial charge in [-0.3, -0.25) is 33.6 Å². The average molecular weight is 775 g/mol. The molecule has 5 atom stereocenters. The molecule has 0 spiro atoms. The van der Waals surface area contributed by atoms with Gasteiger partial charge in [-0.25, -0.2) is 0 Å². The van der Waals surface area contributed by atoms with E-state index in [2.05, 4.69) is 21.3 Å². The highest BCUT2D eigenvalue weighted by atomic mass is 16.5. The first-order valence-electron chi connectivity index (χ1n) is 19.6. The normalized spacial score (nSPS) is 21.6. The molecule has 1 saturated carbocycles. The minimum Gasteiger partial charge on any atom is -0.491 e. The Bertz CT molecular complexity index is 1730. The van der Waals surface area contributed by atoms with Gasteiger partial charge in [-0.05, 0) is 48.4 Å². The number of Topliss-reactive ketones (excluding diaryl/α,β-unsaturated/α-hetero) is 1. The zero-order valence-electron chi connectivity index (χ0n) is 32.4. The van der Waals surface area contributed by atoms with Gasteiger partial charge in [0.2, 0.25) is 35.3 Å². The van der Waals surface area contributed by atoms with Crippen molar-refractivity contribution >= 4 is 41.2 Å². The third-order valence-electron chi connectivity index (χ3n) is 10.5. The van der Waals surface area contributed by atoms with Gasteiger partial charge in [-0.1, -0.05) is 75.1 Å². The lowest BCUT2D eigenvalue weighted by atomic mass is 9.83. The van der Waals surface area contributed by atoms with E-state index in [0.29, 0.717) is 17.7 Å². The molecule has 1 aliphatic carbocycles. The highest BCUT2D eigenvalue weighted by Gasteiger charge is 2.45. The Balaban J connectivity index is 1.28. The van der Waals surface area contributed by atoms with E-state index in [9.17, 15) is 33.6 Å². The van der Waals surface area contributed by atoms with Gasteiger partial charge in [0.25, 0.3) is 5.91 Å². The summed E-state index contributed by atoms with van der Waals surface area (Å²) >= 11 is 0. The summed E-state index contributed by atoms with van der Waals surface area (Å²) < 4.78 is 12.0. The molecule has 3 aliphatic rings. The van der Waals surface area contributed by atoms with Crippen LogP contribution in [0.1, 0.15) is 75.5 Å². The maximum absolute atomic E-state index is 14.5. The van der Waals surface area contributed by atoms with Crippen LogP contribution < -0.4 is 26.0 Å². The third kappa shape index (κ3) is 11.1. The number of nitrogens with one attached hydrogen (secondary N) is 4. The molecule has 1 unspecified atom stereocenters. The molecule has 2 aliphatic heterocycles. The maximum atomic E-state index is 14.5. The van der Waals surface area contributed by atoms with Crippen LogP contribution in [0.2, 0.25) is 0 Å². The zero-order chi connectivity index (χ0) is 40.2. The number of carbonyl (C=O) groups is 7. The Morgan fingerprint density at radius 2 is 1.70 bits per heavy atom. The van der Waals surface area contributed by atoms with Crippen LogP contribution in [0.15, 0.2) is 54.6 Å². The number of hydrogen-bond acceptors (Lipinski definition) is 9. The molecule has 2 aromatic carbocycles. The number of benzene rings is 2. The van der Waals surface area contributed by atoms with Crippen molar-refractivity contribution in [3.8, 4) is 5.75 Å². The predicted octanol–water partition coefficient (Wildman–Crippen LogP) is 1.59. The lowest BCUT2D eigenvalue weighted by molar-refractivity contribution is -0.144. The summed E-state index contributed by atoms with van der Waals surface area (Å²) in [5.74, 6) is -3.97. The molecule has 4 N–H and O–H groups in total. The largest absolute Gasteiger partial charge is 0.491 e. The molecule has 2 heterocycles. The molecule has 5 rings (SSSR count). The number of ketones is 1. The first-order chi connectivity index (χ1) is 26.9. The van der Waals surface area contributed by atoms with E-state index in [1.54, 1.807) is 63.5 Å². The van der Waals surface area contributed by atoms with E-state index in [-0.39, 0.29) is 62.7 Å². The van der Waals surface area contributed by atoms with E-state index in [1.165, 1.54) is 9.80 Å². The highest BCUT2D eigenvalue weighted by molar-refractivity contribution is 6.38. The van der Waals surface area contributed by atoms with Gasteiger partial charge in [0.05, 0.1) is 31.7 Å². The number of nitrogens with zero attached hydrogens (tertiary/aromatic N) is 2. The van der Waals surface area contributed by atoms with Crippen LogP contribution in [-0.2, 0) is 44.7 Å². The van der Waals surface area contributed by atoms with Gasteiger partial charge in [0, 0.05) is 27.1 Å². The molecule has 15 nitrogen and oxygen atoms in total. The molecule has 2 fully saturated rings. The molecular formula is C41H54N6O9. The summed E-state index contributed by atoms with van der Waals surface area (Å²) in [6, 6.07) is 11.7. The van der Waals surface area contributed by atoms with Gasteiger partial charge < -0.3 is 40.5 Å². The molecule has 1 saturated heterocycles. The summed E-state index contributed by atoms with van der Waals surface area (Å²) in [4.78, 5) is 97.1. The Morgan fingerprint density at radius 1 is 0.946 bits per heavy atom. The van der Waals surface area contributed by atoms with Crippen molar-refractivity contribution < 1.29 is 43.0 Å². The van der Waals surface area contributed by atoms with Gasteiger partial charge in [-0.2, -0.15) is 0 Å². The molecule has 15 heteroatoms. The molecule has 302 valence electrons. The van der Waals surface area contributed by atoms with Crippen LogP contribution in [0, 0.1) is 5.92 Å². The second kappa shape index (κ2) is 20.0. The summed E-state index contributed by atoms with van der Waals surface area (Å²) in [5, 5.41) is 10.7. The van der Waals surface area contributed by atoms with Crippen molar-refractivity contribution in [2.24, 2.45) is 5.92 Å². The Kier molecular flexibility index (Phi) is 15.0. The number of hydrogen-bond donors (Lipinski definition) is 4. The zero-order valence-corrected chi connectivity index (χ0v) is 32.4. The minimum atomic E-state index is -1.24. The molecule has 6 amide bonds. The van der Waals surface area contributed by atoms with Crippen LogP contribution in [0.3, 0.4) is 0 Å². The lowest BCUT2D eigenvalue weighted by Crippen LogP contribution is -2.58. The van der Waals surface area contributed by atoms with Crippen LogP contribution in [-0.4, -0.2) is 116 Å². The summed E-state index contributed by atoms with van der Waals surface area (Å²) in [6.07, 6.45) is 4.60. The minimum absolute atomic E-state index is 0.0447. The first-order valence-corrected chi connectivity index (χ1v) is 19.6. The van der Waals surface area contributed by atoms with Gasteiger partial charge in [0.15, 0.2) is 0 Å². The van der Waals surface area contributed by atoms with Gasteiger partial charge in [-0.15, -0.1) is 0 Å². The standard InChI is InChI=1S/C41H54N6O9/c1-4-12-31(37(50)39(52)42-24-34(49)45-35(40(53)46(2)3)27-14-7-5-8-15-27)43-38(51)32-23-30-25-47(32)41(54)36(28-16-9-6-10-17-28)44-33(48)22-26-13-11-18-29(21-26)55-19-20-56-30/h5,7-8,11,13-15,18,21,28,30-32,35-36H,4,6,9-10,12,16-17,19-20,22-25H2,1-3H3,(H,42,52)(H,43,51)(H,44,48)(H,45,49)/t30-,31+,32?,35+,36-/m1/s1. The Hall–Kier alpha value is -5.31. The fraction of sp³-hybridized carbons (Fsp3) is 0.537. The highest BCUT2D eigenvalue weighted by Crippen LogP contribution is 2.30. The van der Waals surface area contributed by atoms with E-state index >= 15 is 0 Å². The fourth-order valence-corrected chi connectivity index (χ4v) is 7.60. The number of carbonyl (C=O) groups excluding carboxylic acids is 7. The Labute approximate surface area is 327 Å². The summed E-state index contributed by atoms with van der Waals surface area (Å²) in [7, 11) is 3.12. The fourth-order valence-electron chi connectivity index (χ4n) is 7.60. The molecule has 0 aromatic heterocycles. The van der Waals surface area contributed by atoms with Crippen molar-refractivity contribution in [2.75, 3.05) is 40.4 Å². The SMILES string of the molecule is CCC[C@H](NC(=O)C1C[C@@H]2CN1C(=O)[C@@H](C1CCCCC1)NC(=O)Cc1cccc(c1)OCCO2)C(=O)C(=O)NCC(=O)N[C@H](C(=O)N(C)C)c1ccccc1. The summed E-state index contributed by atoms with van der Waals surface area (Å²) in [6.45, 7) is 1.69. The topological polar surface area (TPSA) is 193 Å². The van der Waals surface area contributed by atoms with Crippen LogP contribution in [0.4, 0.5) is 0 Å². The average Bonchev–Trinajstić information content (AvgIpc) is 3.63. The number of amides is 6. The molecule has 4 bridgehead atoms. The second-order valence-electron chi connectivity index (χ2n) is 14.9. The molecule has 2 aromatic rings. The molecule has 0 radical (unpaired) electrons. The van der Waals surface area contributed by atoms with E-state index in [0.717, 1.165) is 37.7 Å². The van der Waals surface area contributed by atoms with E-state index in [4.69, 9.17) is 9.47 Å². The van der Waals surface area contributed by atoms with Crippen molar-refractivity contribution in [3.05, 3.63) is 65.7 Å². The van der Waals surface area contributed by atoms with Crippen molar-refractivity contribution in [1.29, 1.82) is 0 Å². The van der Waals surface area contributed by atoms with Gasteiger partial charge >= 0.3 is 0 Å². The van der Waals surface area contributed by atoms with Gasteiger partial charge in [0.1, 0.15) is 30.5 Å². The quantitative estimate of drug-likeness (QED) is 0.232. The number of likely N-dealkylation sites (N-methyl/N-ethyl adjacent to an activating group) is 1. The number of rotatable bonds is 12. The van der Waals surface area contributed by atoms with Crippen molar-refractivity contribution in [3.63, 3.8) is 0 Å². The number of fused-ring (bicyclic) bond motifs is 4. The molecule has 56 heavy (non-hydrogen) atoms. The monoisotopic (exact) mass is 774 g/mol. The predicted molar refractivity (Wildman–Crippen MR) is 205 cm³/mol. The van der Waals surface area contributed by atoms with Crippen LogP contribution in [0.25, 0.3) is 0 Å². The first kappa shape index (κ1) is 41.8. The third-order valence-corrected chi connectivity index (χ3v) is 10.5. The van der Waals surface area contributed by atoms with Crippen molar-refractivity contribution in [2.45, 2.75) is 95.0 Å². The number of ether oxygens (including phenoxy) is 2. The smallest absolute Gasteiger partial charge is 0.290 e. The summed E-state index contributed by atoms with van der Waals surface area (Å²) in [5.41, 5.74) is 1.28. The maximum Gasteiger partial charge on any atom is 0.290 e. The van der Waals surface area contributed by atoms with E-state index < -0.39 is 60.3 Å². The van der Waals surface area contributed by atoms with Crippen LogP contribution in [0.5, 0.6) is 5.75 Å². The van der Waals surface area contributed by atoms with E-state index in [1.807, 2.05) is 12.1 Å². The second-order valence-corrected chi connectivity index (χ2v) is 14.9. The van der Waals surface area contributed by atoms with Crippen molar-refractivity contribution in [1.82, 2.24) is 31.1 Å². The lowest BCUT2D eigenvalue weighted by Gasteiger charge is -2.35. The Morgan fingerprint density at radius 3 is 2.41 bits per heavy atom.